The predicted molar refractivity (Wildman–Crippen MR) is 121 cm³/mol. The fraction of sp³-hybridized carbons (Fsp3) is 0. The molecule has 158 valence electrons. The zero-order chi connectivity index (χ0) is 22.1. The number of benzene rings is 3. The van der Waals surface area contributed by atoms with Gasteiger partial charge in [-0.05, 0) is 42.5 Å². The minimum absolute atomic E-state index is 0.00468. The summed E-state index contributed by atoms with van der Waals surface area (Å²) in [5.41, 5.74) is 3.21. The number of halogens is 3. The molecular formula is C24H15F3N4S. The summed E-state index contributed by atoms with van der Waals surface area (Å²) in [6.45, 7) is 0. The number of thiazole rings is 1. The Kier molecular flexibility index (Phi) is 5.20. The molecule has 3 aromatic carbocycles. The SMILES string of the molecule is Fc1ccc(-c2csc(=Nc3ccc(F)cc3F)n2N=Cc2c[nH]c3ccccc23)cc1. The van der Waals surface area contributed by atoms with E-state index in [1.54, 1.807) is 28.4 Å². The Morgan fingerprint density at radius 3 is 2.50 bits per heavy atom. The van der Waals surface area contributed by atoms with Crippen molar-refractivity contribution in [1.29, 1.82) is 0 Å². The number of H-pyrrole nitrogens is 1. The first-order chi connectivity index (χ1) is 15.6. The van der Waals surface area contributed by atoms with Gasteiger partial charge in [0.2, 0.25) is 4.80 Å². The molecular weight excluding hydrogens is 433 g/mol. The average Bonchev–Trinajstić information content (AvgIpc) is 3.39. The number of hydrogen-bond acceptors (Lipinski definition) is 3. The summed E-state index contributed by atoms with van der Waals surface area (Å²) in [6, 6.07) is 17.0. The minimum Gasteiger partial charge on any atom is -0.361 e. The van der Waals surface area contributed by atoms with E-state index in [2.05, 4.69) is 15.1 Å². The Morgan fingerprint density at radius 2 is 1.69 bits per heavy atom. The van der Waals surface area contributed by atoms with Crippen LogP contribution in [0.2, 0.25) is 0 Å². The minimum atomic E-state index is -0.770. The highest BCUT2D eigenvalue weighted by molar-refractivity contribution is 7.07. The van der Waals surface area contributed by atoms with Crippen molar-refractivity contribution in [3.05, 3.63) is 106 Å². The first-order valence-corrected chi connectivity index (χ1v) is 10.5. The summed E-state index contributed by atoms with van der Waals surface area (Å²) in [7, 11) is 0. The summed E-state index contributed by atoms with van der Waals surface area (Å²) >= 11 is 1.24. The van der Waals surface area contributed by atoms with Crippen LogP contribution >= 0.6 is 11.3 Å². The fourth-order valence-electron chi connectivity index (χ4n) is 3.30. The van der Waals surface area contributed by atoms with Crippen molar-refractivity contribution in [3.8, 4) is 11.3 Å². The lowest BCUT2D eigenvalue weighted by Gasteiger charge is -2.04. The quantitative estimate of drug-likeness (QED) is 0.317. The van der Waals surface area contributed by atoms with Gasteiger partial charge in [0.15, 0.2) is 5.82 Å². The van der Waals surface area contributed by atoms with Crippen molar-refractivity contribution < 1.29 is 13.2 Å². The van der Waals surface area contributed by atoms with E-state index in [9.17, 15) is 13.2 Å². The van der Waals surface area contributed by atoms with Crippen LogP contribution in [0.1, 0.15) is 5.56 Å². The first kappa shape index (κ1) is 20.0. The number of aromatic amines is 1. The number of fused-ring (bicyclic) bond motifs is 1. The number of aromatic nitrogens is 2. The second kappa shape index (κ2) is 8.32. The molecule has 0 unspecified atom stereocenters. The van der Waals surface area contributed by atoms with Crippen LogP contribution in [-0.2, 0) is 0 Å². The summed E-state index contributed by atoms with van der Waals surface area (Å²) < 4.78 is 42.5. The molecule has 5 rings (SSSR count). The van der Waals surface area contributed by atoms with Gasteiger partial charge in [-0.25, -0.2) is 22.8 Å². The van der Waals surface area contributed by atoms with Crippen LogP contribution in [0.25, 0.3) is 22.2 Å². The average molecular weight is 448 g/mol. The summed E-state index contributed by atoms with van der Waals surface area (Å²) in [5.74, 6) is -1.80. The molecule has 8 heteroatoms. The molecule has 0 atom stereocenters. The standard InChI is InChI=1S/C24H15F3N4S/c25-17-7-5-15(6-8-17)23-14-32-24(30-22-10-9-18(26)11-20(22)27)31(23)29-13-16-12-28-21-4-2-1-3-19(16)21/h1-14,28H. The lowest BCUT2D eigenvalue weighted by atomic mass is 10.2. The topological polar surface area (TPSA) is 45.4 Å². The molecule has 0 fully saturated rings. The van der Waals surface area contributed by atoms with Crippen LogP contribution in [0.15, 0.2) is 88.4 Å². The maximum atomic E-state index is 14.2. The van der Waals surface area contributed by atoms with Gasteiger partial charge in [-0.1, -0.05) is 18.2 Å². The van der Waals surface area contributed by atoms with Gasteiger partial charge >= 0.3 is 0 Å². The lowest BCUT2D eigenvalue weighted by Crippen LogP contribution is -2.11. The zero-order valence-electron chi connectivity index (χ0n) is 16.5. The summed E-state index contributed by atoms with van der Waals surface area (Å²) in [6.07, 6.45) is 3.52. The van der Waals surface area contributed by atoms with Crippen molar-refractivity contribution in [2.24, 2.45) is 10.1 Å². The molecule has 1 N–H and O–H groups in total. The van der Waals surface area contributed by atoms with Crippen molar-refractivity contribution >= 4 is 34.1 Å². The number of nitrogens with zero attached hydrogens (tertiary/aromatic N) is 3. The van der Waals surface area contributed by atoms with Crippen molar-refractivity contribution in [1.82, 2.24) is 9.66 Å². The van der Waals surface area contributed by atoms with E-state index in [-0.39, 0.29) is 11.5 Å². The van der Waals surface area contributed by atoms with Gasteiger partial charge in [-0.2, -0.15) is 5.10 Å². The Hall–Kier alpha value is -3.91. The molecule has 0 aliphatic rings. The van der Waals surface area contributed by atoms with E-state index in [1.165, 1.54) is 29.5 Å². The van der Waals surface area contributed by atoms with Crippen LogP contribution < -0.4 is 4.80 Å². The van der Waals surface area contributed by atoms with E-state index >= 15 is 0 Å². The fourth-order valence-corrected chi connectivity index (χ4v) is 4.15. The van der Waals surface area contributed by atoms with E-state index in [0.29, 0.717) is 10.5 Å². The summed E-state index contributed by atoms with van der Waals surface area (Å²) in [4.78, 5) is 7.92. The van der Waals surface area contributed by atoms with E-state index in [4.69, 9.17) is 0 Å². The highest BCUT2D eigenvalue weighted by atomic mass is 32.1. The largest absolute Gasteiger partial charge is 0.361 e. The third-order valence-corrected chi connectivity index (χ3v) is 5.70. The number of para-hydroxylation sites is 1. The van der Waals surface area contributed by atoms with Crippen LogP contribution in [0.4, 0.5) is 18.9 Å². The molecule has 0 saturated heterocycles. The molecule has 5 aromatic rings. The second-order valence-corrected chi connectivity index (χ2v) is 7.80. The number of nitrogens with one attached hydrogen (secondary N) is 1. The second-order valence-electron chi connectivity index (χ2n) is 6.96. The Bertz CT molecular complexity index is 1510. The van der Waals surface area contributed by atoms with Gasteiger partial charge in [0, 0.05) is 39.7 Å². The monoisotopic (exact) mass is 448 g/mol. The molecule has 32 heavy (non-hydrogen) atoms. The van der Waals surface area contributed by atoms with Crippen LogP contribution in [0, 0.1) is 17.5 Å². The Morgan fingerprint density at radius 1 is 0.906 bits per heavy atom. The van der Waals surface area contributed by atoms with Crippen molar-refractivity contribution in [2.75, 3.05) is 0 Å². The molecule has 0 spiro atoms. The summed E-state index contributed by atoms with van der Waals surface area (Å²) in [5, 5.41) is 7.40. The van der Waals surface area contributed by atoms with Gasteiger partial charge in [0.25, 0.3) is 0 Å². The molecule has 2 heterocycles. The molecule has 0 saturated carbocycles. The van der Waals surface area contributed by atoms with Crippen molar-refractivity contribution in [2.45, 2.75) is 0 Å². The third kappa shape index (κ3) is 3.88. The van der Waals surface area contributed by atoms with E-state index in [1.807, 2.05) is 30.5 Å². The van der Waals surface area contributed by atoms with Gasteiger partial charge in [0.1, 0.15) is 17.3 Å². The van der Waals surface area contributed by atoms with E-state index in [0.717, 1.165) is 34.2 Å². The van der Waals surface area contributed by atoms with Crippen molar-refractivity contribution in [3.63, 3.8) is 0 Å². The lowest BCUT2D eigenvalue weighted by molar-refractivity contribution is 0.584. The van der Waals surface area contributed by atoms with Gasteiger partial charge in [0.05, 0.1) is 11.9 Å². The Labute approximate surface area is 184 Å². The molecule has 0 aliphatic heterocycles. The first-order valence-electron chi connectivity index (χ1n) is 9.65. The van der Waals surface area contributed by atoms with Crippen LogP contribution in [0.5, 0.6) is 0 Å². The molecule has 0 amide bonds. The highest BCUT2D eigenvalue weighted by Crippen LogP contribution is 2.23. The van der Waals surface area contributed by atoms with Gasteiger partial charge in [-0.3, -0.25) is 0 Å². The maximum absolute atomic E-state index is 14.2. The molecule has 2 aromatic heterocycles. The molecule has 4 nitrogen and oxygen atoms in total. The molecule has 0 aliphatic carbocycles. The van der Waals surface area contributed by atoms with Crippen LogP contribution in [0.3, 0.4) is 0 Å². The molecule has 0 radical (unpaired) electrons. The highest BCUT2D eigenvalue weighted by Gasteiger charge is 2.10. The third-order valence-electron chi connectivity index (χ3n) is 4.88. The maximum Gasteiger partial charge on any atom is 0.211 e. The Balaban J connectivity index is 1.66. The zero-order valence-corrected chi connectivity index (χ0v) is 17.3. The van der Waals surface area contributed by atoms with Crippen LogP contribution in [-0.4, -0.2) is 15.9 Å². The van der Waals surface area contributed by atoms with E-state index < -0.39 is 11.6 Å². The normalized spacial score (nSPS) is 12.3. The van der Waals surface area contributed by atoms with Gasteiger partial charge in [-0.15, -0.1) is 11.3 Å². The number of rotatable bonds is 4. The predicted octanol–water partition coefficient (Wildman–Crippen LogP) is 6.23. The van der Waals surface area contributed by atoms with Gasteiger partial charge < -0.3 is 4.98 Å². The molecule has 0 bridgehead atoms. The number of hydrogen-bond donors (Lipinski definition) is 1. The smallest absolute Gasteiger partial charge is 0.211 e.